The minimum Gasteiger partial charge on any atom is -0.380 e. The molecule has 1 aliphatic heterocycles. The van der Waals surface area contributed by atoms with Gasteiger partial charge in [0.25, 0.3) is 11.5 Å². The number of nitrogens with one attached hydrogen (secondary N) is 2. The maximum Gasteiger partial charge on any atom is 0.272 e. The minimum atomic E-state index is -2.98. The number of ketones is 1. The summed E-state index contributed by atoms with van der Waals surface area (Å²) in [6, 6.07) is 16.2. The van der Waals surface area contributed by atoms with E-state index in [9.17, 15) is 23.2 Å². The largest absolute Gasteiger partial charge is 0.380 e. The quantitative estimate of drug-likeness (QED) is 0.414. The number of hydrogen-bond donors (Lipinski definition) is 2. The molecule has 1 aliphatic rings. The van der Waals surface area contributed by atoms with Crippen molar-refractivity contribution in [1.82, 2.24) is 9.88 Å². The van der Waals surface area contributed by atoms with Gasteiger partial charge in [0.1, 0.15) is 0 Å². The zero-order valence-electron chi connectivity index (χ0n) is 20.7. The number of benzene rings is 2. The predicted molar refractivity (Wildman–Crippen MR) is 136 cm³/mol. The number of para-hydroxylation sites is 1. The summed E-state index contributed by atoms with van der Waals surface area (Å²) in [5.41, 5.74) is 0.631. The smallest absolute Gasteiger partial charge is 0.272 e. The number of halogens is 2. The molecule has 0 spiro atoms. The van der Waals surface area contributed by atoms with E-state index in [1.54, 1.807) is 55.6 Å². The number of aromatic nitrogens is 1. The Morgan fingerprint density at radius 1 is 1.11 bits per heavy atom. The molecule has 4 rings (SSSR count). The van der Waals surface area contributed by atoms with Gasteiger partial charge in [0, 0.05) is 68.3 Å². The second-order valence-corrected chi connectivity index (χ2v) is 9.49. The van der Waals surface area contributed by atoms with Crippen molar-refractivity contribution in [2.75, 3.05) is 18.5 Å². The molecule has 37 heavy (non-hydrogen) atoms. The highest BCUT2D eigenvalue weighted by Crippen LogP contribution is 2.35. The van der Waals surface area contributed by atoms with Crippen LogP contribution in [-0.4, -0.2) is 29.5 Å². The fourth-order valence-corrected chi connectivity index (χ4v) is 4.34. The number of Topliss-reactive ketones (excluding diaryl/α,β-unsaturated/α-hetero) is 1. The molecule has 2 aromatic carbocycles. The summed E-state index contributed by atoms with van der Waals surface area (Å²) < 4.78 is 34.7. The van der Waals surface area contributed by atoms with Gasteiger partial charge in [-0.05, 0) is 36.2 Å². The normalized spacial score (nSPS) is 17.4. The Kier molecular flexibility index (Phi) is 7.54. The minimum absolute atomic E-state index is 0.0592. The molecule has 1 amide bonds. The van der Waals surface area contributed by atoms with Crippen LogP contribution in [0, 0.1) is 5.41 Å². The van der Waals surface area contributed by atoms with Crippen molar-refractivity contribution in [1.29, 1.82) is 0 Å². The van der Waals surface area contributed by atoms with E-state index in [4.69, 9.17) is 4.74 Å². The highest BCUT2D eigenvalue weighted by atomic mass is 19.3. The number of rotatable bonds is 9. The molecule has 0 radical (unpaired) electrons. The number of hydrogen-bond acceptors (Lipinski definition) is 5. The SMILES string of the molecule is Cn1ccc(C(=O)C[C@@]2(C(=O)NCc3ccc(Nc4ccccc4C(C)(F)F)cc3)CCOC2)cc1=O. The van der Waals surface area contributed by atoms with Gasteiger partial charge in [-0.1, -0.05) is 30.3 Å². The molecule has 1 aromatic heterocycles. The van der Waals surface area contributed by atoms with E-state index in [2.05, 4.69) is 10.6 Å². The van der Waals surface area contributed by atoms with Crippen molar-refractivity contribution in [3.05, 3.63) is 93.9 Å². The topological polar surface area (TPSA) is 89.4 Å². The average Bonchev–Trinajstić information content (AvgIpc) is 3.34. The van der Waals surface area contributed by atoms with Crippen molar-refractivity contribution in [3.8, 4) is 0 Å². The number of ether oxygens (including phenoxy) is 1. The fraction of sp³-hybridized carbons (Fsp3) is 0.321. The Morgan fingerprint density at radius 2 is 1.84 bits per heavy atom. The van der Waals surface area contributed by atoms with Crippen LogP contribution in [0.5, 0.6) is 0 Å². The van der Waals surface area contributed by atoms with Crippen LogP contribution in [0.3, 0.4) is 0 Å². The first kappa shape index (κ1) is 26.2. The first-order chi connectivity index (χ1) is 17.6. The Morgan fingerprint density at radius 3 is 2.49 bits per heavy atom. The summed E-state index contributed by atoms with van der Waals surface area (Å²) in [4.78, 5) is 38.0. The summed E-state index contributed by atoms with van der Waals surface area (Å²) in [7, 11) is 1.60. The van der Waals surface area contributed by atoms with Crippen molar-refractivity contribution >= 4 is 23.1 Å². The monoisotopic (exact) mass is 509 g/mol. The number of pyridine rings is 1. The first-order valence-corrected chi connectivity index (χ1v) is 12.0. The fourth-order valence-electron chi connectivity index (χ4n) is 4.34. The summed E-state index contributed by atoms with van der Waals surface area (Å²) in [5, 5.41) is 5.92. The van der Waals surface area contributed by atoms with Crippen LogP contribution in [0.2, 0.25) is 0 Å². The first-order valence-electron chi connectivity index (χ1n) is 12.0. The summed E-state index contributed by atoms with van der Waals surface area (Å²) in [6.07, 6.45) is 1.87. The molecule has 0 bridgehead atoms. The lowest BCUT2D eigenvalue weighted by molar-refractivity contribution is -0.131. The van der Waals surface area contributed by atoms with Gasteiger partial charge in [-0.25, -0.2) is 8.78 Å². The lowest BCUT2D eigenvalue weighted by Gasteiger charge is -2.25. The molecule has 0 aliphatic carbocycles. The van der Waals surface area contributed by atoms with Crippen molar-refractivity contribution in [3.63, 3.8) is 0 Å². The number of anilines is 2. The predicted octanol–water partition coefficient (Wildman–Crippen LogP) is 4.54. The maximum absolute atomic E-state index is 13.9. The van der Waals surface area contributed by atoms with E-state index in [1.165, 1.54) is 22.9 Å². The zero-order valence-corrected chi connectivity index (χ0v) is 20.7. The van der Waals surface area contributed by atoms with Gasteiger partial charge in [0.15, 0.2) is 5.78 Å². The maximum atomic E-state index is 13.9. The summed E-state index contributed by atoms with van der Waals surface area (Å²) >= 11 is 0. The van der Waals surface area contributed by atoms with Crippen molar-refractivity contribution in [2.24, 2.45) is 12.5 Å². The molecule has 3 aromatic rings. The van der Waals surface area contributed by atoms with Crippen LogP contribution in [0.15, 0.2) is 71.7 Å². The van der Waals surface area contributed by atoms with Gasteiger partial charge < -0.3 is 19.9 Å². The van der Waals surface area contributed by atoms with Crippen LogP contribution in [0.25, 0.3) is 0 Å². The Labute approximate surface area is 213 Å². The molecule has 194 valence electrons. The Hall–Kier alpha value is -3.85. The molecule has 1 saturated heterocycles. The van der Waals surface area contributed by atoms with E-state index in [0.29, 0.717) is 24.4 Å². The third-order valence-corrected chi connectivity index (χ3v) is 6.60. The van der Waals surface area contributed by atoms with Crippen molar-refractivity contribution < 1.29 is 23.1 Å². The number of aryl methyl sites for hydroxylation is 1. The van der Waals surface area contributed by atoms with Crippen LogP contribution in [0.4, 0.5) is 20.2 Å². The number of carbonyl (C=O) groups is 2. The molecule has 2 heterocycles. The molecule has 1 atom stereocenters. The summed E-state index contributed by atoms with van der Waals surface area (Å²) in [5.74, 6) is -3.56. The second-order valence-electron chi connectivity index (χ2n) is 9.49. The van der Waals surface area contributed by atoms with E-state index in [0.717, 1.165) is 12.5 Å². The Bertz CT molecular complexity index is 1340. The highest BCUT2D eigenvalue weighted by Gasteiger charge is 2.44. The van der Waals surface area contributed by atoms with E-state index in [-0.39, 0.29) is 47.9 Å². The molecule has 1 fully saturated rings. The van der Waals surface area contributed by atoms with Gasteiger partial charge in [0.05, 0.1) is 12.0 Å². The van der Waals surface area contributed by atoms with E-state index in [1.807, 2.05) is 0 Å². The van der Waals surface area contributed by atoms with Crippen LogP contribution in [-0.2, 0) is 29.0 Å². The van der Waals surface area contributed by atoms with Crippen LogP contribution in [0.1, 0.15) is 41.3 Å². The lowest BCUT2D eigenvalue weighted by Crippen LogP contribution is -2.42. The van der Waals surface area contributed by atoms with Crippen molar-refractivity contribution in [2.45, 2.75) is 32.2 Å². The molecular formula is C28H29F2N3O4. The average molecular weight is 510 g/mol. The third kappa shape index (κ3) is 6.11. The molecule has 9 heteroatoms. The van der Waals surface area contributed by atoms with Gasteiger partial charge >= 0.3 is 0 Å². The molecule has 7 nitrogen and oxygen atoms in total. The van der Waals surface area contributed by atoms with E-state index >= 15 is 0 Å². The molecule has 0 unspecified atom stereocenters. The van der Waals surface area contributed by atoms with E-state index < -0.39 is 11.3 Å². The second kappa shape index (κ2) is 10.6. The van der Waals surface area contributed by atoms with Gasteiger partial charge in [-0.2, -0.15) is 0 Å². The van der Waals surface area contributed by atoms with Crippen LogP contribution < -0.4 is 16.2 Å². The molecule has 0 saturated carbocycles. The van der Waals surface area contributed by atoms with Gasteiger partial charge in [-0.15, -0.1) is 0 Å². The number of alkyl halides is 2. The van der Waals surface area contributed by atoms with Crippen LogP contribution >= 0.6 is 0 Å². The third-order valence-electron chi connectivity index (χ3n) is 6.60. The highest BCUT2D eigenvalue weighted by molar-refractivity contribution is 5.99. The number of nitrogens with zero attached hydrogens (tertiary/aromatic N) is 1. The number of amides is 1. The molecule has 2 N–H and O–H groups in total. The van der Waals surface area contributed by atoms with Gasteiger partial charge in [-0.3, -0.25) is 14.4 Å². The molecular weight excluding hydrogens is 480 g/mol. The lowest BCUT2D eigenvalue weighted by atomic mass is 9.80. The summed E-state index contributed by atoms with van der Waals surface area (Å²) in [6.45, 7) is 1.58. The van der Waals surface area contributed by atoms with Gasteiger partial charge in [0.2, 0.25) is 5.91 Å². The Balaban J connectivity index is 1.40. The number of carbonyl (C=O) groups excluding carboxylic acids is 2. The zero-order chi connectivity index (χ0) is 26.6. The standard InChI is InChI=1S/C28H29F2N3O4/c1-27(29,30)22-5-3-4-6-23(22)32-21-9-7-19(8-10-21)17-31-26(36)28(12-14-37-18-28)16-24(34)20-11-13-33(2)25(35)15-20/h3-11,13,15,32H,12,14,16-18H2,1-2H3,(H,31,36)/t28-/m0/s1.